The zero-order valence-electron chi connectivity index (χ0n) is 9.51. The van der Waals surface area contributed by atoms with Gasteiger partial charge in [0.2, 0.25) is 0 Å². The van der Waals surface area contributed by atoms with Gasteiger partial charge >= 0.3 is 0 Å². The highest BCUT2D eigenvalue weighted by atomic mass is 35.5. The Hall–Kier alpha value is 0.250. The van der Waals surface area contributed by atoms with E-state index < -0.39 is 0 Å². The van der Waals surface area contributed by atoms with Gasteiger partial charge in [-0.3, -0.25) is 0 Å². The Labute approximate surface area is 90.3 Å². The van der Waals surface area contributed by atoms with Crippen molar-refractivity contribution in [2.75, 3.05) is 19.6 Å². The van der Waals surface area contributed by atoms with Crippen LogP contribution in [0.15, 0.2) is 0 Å². The van der Waals surface area contributed by atoms with E-state index in [4.69, 9.17) is 0 Å². The molecule has 0 radical (unpaired) electrons. The van der Waals surface area contributed by atoms with Crippen LogP contribution in [-0.2, 0) is 0 Å². The first-order valence-corrected chi connectivity index (χ1v) is 5.57. The standard InChI is InChI=1S/C11H25N.ClH/c1-4-7-9-11-12(6-3)10-8-5-2;/h4-11H2,1-3H3;1H. The Balaban J connectivity index is 0. The molecule has 0 amide bonds. The van der Waals surface area contributed by atoms with E-state index >= 15 is 0 Å². The third kappa shape index (κ3) is 10.2. The number of rotatable bonds is 8. The van der Waals surface area contributed by atoms with E-state index in [9.17, 15) is 0 Å². The van der Waals surface area contributed by atoms with Gasteiger partial charge in [-0.05, 0) is 32.5 Å². The number of nitrogens with zero attached hydrogens (tertiary/aromatic N) is 1. The lowest BCUT2D eigenvalue weighted by Gasteiger charge is -2.19. The molecular weight excluding hydrogens is 182 g/mol. The SMILES string of the molecule is CCCCCN(CC)CCCC.Cl. The summed E-state index contributed by atoms with van der Waals surface area (Å²) in [6, 6.07) is 0. The lowest BCUT2D eigenvalue weighted by Crippen LogP contribution is -2.25. The molecule has 0 rings (SSSR count). The summed E-state index contributed by atoms with van der Waals surface area (Å²) >= 11 is 0. The van der Waals surface area contributed by atoms with Gasteiger partial charge in [-0.2, -0.15) is 0 Å². The normalized spacial score (nSPS) is 10.2. The molecule has 0 saturated carbocycles. The van der Waals surface area contributed by atoms with Crippen molar-refractivity contribution >= 4 is 12.4 Å². The topological polar surface area (TPSA) is 3.24 Å². The highest BCUT2D eigenvalue weighted by Crippen LogP contribution is 2.00. The first kappa shape index (κ1) is 15.7. The second-order valence-electron chi connectivity index (χ2n) is 3.49. The van der Waals surface area contributed by atoms with Crippen LogP contribution in [-0.4, -0.2) is 24.5 Å². The summed E-state index contributed by atoms with van der Waals surface area (Å²) in [7, 11) is 0. The fraction of sp³-hybridized carbons (Fsp3) is 1.00. The fourth-order valence-electron chi connectivity index (χ4n) is 1.40. The van der Waals surface area contributed by atoms with Gasteiger partial charge in [0, 0.05) is 0 Å². The molecule has 0 heterocycles. The Kier molecular flexibility index (Phi) is 14.8. The van der Waals surface area contributed by atoms with Crippen LogP contribution in [0.1, 0.15) is 52.9 Å². The maximum atomic E-state index is 2.57. The third-order valence-corrected chi connectivity index (χ3v) is 2.35. The summed E-state index contributed by atoms with van der Waals surface area (Å²) in [6.07, 6.45) is 6.80. The van der Waals surface area contributed by atoms with Gasteiger partial charge < -0.3 is 4.90 Å². The van der Waals surface area contributed by atoms with E-state index in [-0.39, 0.29) is 12.4 Å². The molecule has 0 fully saturated rings. The molecule has 0 bridgehead atoms. The van der Waals surface area contributed by atoms with Gasteiger partial charge in [-0.15, -0.1) is 12.4 Å². The van der Waals surface area contributed by atoms with E-state index in [2.05, 4.69) is 25.7 Å². The summed E-state index contributed by atoms with van der Waals surface area (Å²) < 4.78 is 0. The quantitative estimate of drug-likeness (QED) is 0.549. The zero-order valence-corrected chi connectivity index (χ0v) is 10.3. The van der Waals surface area contributed by atoms with Crippen molar-refractivity contribution < 1.29 is 0 Å². The molecule has 82 valence electrons. The molecule has 1 nitrogen and oxygen atoms in total. The van der Waals surface area contributed by atoms with Crippen molar-refractivity contribution in [2.24, 2.45) is 0 Å². The van der Waals surface area contributed by atoms with Crippen LogP contribution in [0.2, 0.25) is 0 Å². The fourth-order valence-corrected chi connectivity index (χ4v) is 1.40. The van der Waals surface area contributed by atoms with Gasteiger partial charge in [0.05, 0.1) is 0 Å². The summed E-state index contributed by atoms with van der Waals surface area (Å²) in [4.78, 5) is 2.57. The molecule has 0 N–H and O–H groups in total. The molecule has 2 heteroatoms. The van der Waals surface area contributed by atoms with Crippen molar-refractivity contribution in [2.45, 2.75) is 52.9 Å². The van der Waals surface area contributed by atoms with Gasteiger partial charge in [0.25, 0.3) is 0 Å². The van der Waals surface area contributed by atoms with Gasteiger partial charge in [0.1, 0.15) is 0 Å². The Morgan fingerprint density at radius 1 is 0.769 bits per heavy atom. The van der Waals surface area contributed by atoms with Gasteiger partial charge in [0.15, 0.2) is 0 Å². The molecule has 13 heavy (non-hydrogen) atoms. The molecular formula is C11H26ClN. The van der Waals surface area contributed by atoms with E-state index in [1.807, 2.05) is 0 Å². The first-order chi connectivity index (χ1) is 5.85. The van der Waals surface area contributed by atoms with E-state index in [0.717, 1.165) is 0 Å². The average Bonchev–Trinajstić information content (AvgIpc) is 2.11. The lowest BCUT2D eigenvalue weighted by atomic mass is 10.2. The zero-order chi connectivity index (χ0) is 9.23. The van der Waals surface area contributed by atoms with E-state index in [1.165, 1.54) is 51.7 Å². The average molecular weight is 208 g/mol. The molecule has 0 aromatic carbocycles. The second kappa shape index (κ2) is 12.2. The maximum absolute atomic E-state index is 2.57. The molecule has 0 aromatic rings. The minimum atomic E-state index is 0. The highest BCUT2D eigenvalue weighted by Gasteiger charge is 1.99. The highest BCUT2D eigenvalue weighted by molar-refractivity contribution is 5.85. The molecule has 0 atom stereocenters. The number of unbranched alkanes of at least 4 members (excludes halogenated alkanes) is 3. The first-order valence-electron chi connectivity index (χ1n) is 5.57. The summed E-state index contributed by atoms with van der Waals surface area (Å²) in [5.74, 6) is 0. The maximum Gasteiger partial charge on any atom is -0.00189 e. The number of hydrogen-bond donors (Lipinski definition) is 0. The van der Waals surface area contributed by atoms with Crippen molar-refractivity contribution in [3.05, 3.63) is 0 Å². The van der Waals surface area contributed by atoms with Crippen LogP contribution < -0.4 is 0 Å². The predicted octanol–water partition coefficient (Wildman–Crippen LogP) is 3.72. The monoisotopic (exact) mass is 207 g/mol. The van der Waals surface area contributed by atoms with Crippen LogP contribution in [0.3, 0.4) is 0 Å². The van der Waals surface area contributed by atoms with Crippen LogP contribution in [0.25, 0.3) is 0 Å². The minimum absolute atomic E-state index is 0. The molecule has 0 aromatic heterocycles. The predicted molar refractivity (Wildman–Crippen MR) is 63.8 cm³/mol. The van der Waals surface area contributed by atoms with Crippen molar-refractivity contribution in [3.8, 4) is 0 Å². The lowest BCUT2D eigenvalue weighted by molar-refractivity contribution is 0.277. The van der Waals surface area contributed by atoms with Crippen LogP contribution >= 0.6 is 12.4 Å². The Morgan fingerprint density at radius 2 is 1.31 bits per heavy atom. The molecule has 0 aliphatic heterocycles. The third-order valence-electron chi connectivity index (χ3n) is 2.35. The molecule has 0 saturated heterocycles. The Bertz CT molecular complexity index is 86.2. The smallest absolute Gasteiger partial charge is 0.00189 e. The molecule has 0 spiro atoms. The van der Waals surface area contributed by atoms with Crippen molar-refractivity contribution in [1.29, 1.82) is 0 Å². The molecule has 0 aliphatic rings. The number of hydrogen-bond acceptors (Lipinski definition) is 1. The van der Waals surface area contributed by atoms with Crippen LogP contribution in [0, 0.1) is 0 Å². The Morgan fingerprint density at radius 3 is 1.77 bits per heavy atom. The van der Waals surface area contributed by atoms with Crippen LogP contribution in [0.5, 0.6) is 0 Å². The van der Waals surface area contributed by atoms with E-state index in [1.54, 1.807) is 0 Å². The number of halogens is 1. The molecule has 0 unspecified atom stereocenters. The summed E-state index contributed by atoms with van der Waals surface area (Å²) in [5, 5.41) is 0. The summed E-state index contributed by atoms with van der Waals surface area (Å²) in [6.45, 7) is 10.6. The largest absolute Gasteiger partial charge is 0.304 e. The summed E-state index contributed by atoms with van der Waals surface area (Å²) in [5.41, 5.74) is 0. The van der Waals surface area contributed by atoms with Crippen LogP contribution in [0.4, 0.5) is 0 Å². The minimum Gasteiger partial charge on any atom is -0.304 e. The van der Waals surface area contributed by atoms with Gasteiger partial charge in [-0.25, -0.2) is 0 Å². The van der Waals surface area contributed by atoms with E-state index in [0.29, 0.717) is 0 Å². The van der Waals surface area contributed by atoms with Crippen molar-refractivity contribution in [3.63, 3.8) is 0 Å². The van der Waals surface area contributed by atoms with Gasteiger partial charge in [-0.1, -0.05) is 40.0 Å². The molecule has 0 aliphatic carbocycles. The van der Waals surface area contributed by atoms with Crippen molar-refractivity contribution in [1.82, 2.24) is 4.90 Å². The second-order valence-corrected chi connectivity index (χ2v) is 3.49.